The molecule has 3 aromatic carbocycles. The van der Waals surface area contributed by atoms with Gasteiger partial charge in [-0.15, -0.1) is 34.0 Å². The lowest BCUT2D eigenvalue weighted by molar-refractivity contribution is 0.281. The van der Waals surface area contributed by atoms with Crippen LogP contribution in [-0.4, -0.2) is 51.0 Å². The molecule has 9 heteroatoms. The first kappa shape index (κ1) is 33.4. The lowest BCUT2D eigenvalue weighted by atomic mass is 9.84. The van der Waals surface area contributed by atoms with E-state index >= 15 is 0 Å². The molecule has 2 bridgehead atoms. The molecule has 3 aliphatic rings. The number of ether oxygens (including phenoxy) is 1. The zero-order valence-electron chi connectivity index (χ0n) is 24.3. The number of nitrogens with one attached hydrogen (secondary N) is 3. The molecule has 2 saturated heterocycles. The number of halogens is 2. The van der Waals surface area contributed by atoms with Crippen molar-refractivity contribution in [2.45, 2.75) is 92.7 Å². The molecule has 0 aromatic heterocycles. The van der Waals surface area contributed by atoms with Crippen LogP contribution in [0.5, 0.6) is 5.75 Å². The van der Waals surface area contributed by atoms with Crippen molar-refractivity contribution >= 4 is 54.6 Å². The fourth-order valence-corrected chi connectivity index (χ4v) is 8.97. The Labute approximate surface area is 272 Å². The summed E-state index contributed by atoms with van der Waals surface area (Å²) in [6, 6.07) is 22.5. The summed E-state index contributed by atoms with van der Waals surface area (Å²) in [7, 11) is -3.58. The average Bonchev–Trinajstić information content (AvgIpc) is 3.52. The highest BCUT2D eigenvalue weighted by molar-refractivity contribution is 8.93. The summed E-state index contributed by atoms with van der Waals surface area (Å²) in [5.74, 6) is 1.04. The summed E-state index contributed by atoms with van der Waals surface area (Å²) < 4.78 is 34.3. The Kier molecular flexibility index (Phi) is 11.9. The quantitative estimate of drug-likeness (QED) is 0.178. The fraction of sp³-hybridized carbons (Fsp3) is 0.515. The van der Waals surface area contributed by atoms with Gasteiger partial charge >= 0.3 is 0 Å². The van der Waals surface area contributed by atoms with Gasteiger partial charge in [-0.2, -0.15) is 0 Å². The van der Waals surface area contributed by atoms with Crippen LogP contribution in [-0.2, 0) is 16.4 Å². The molecular formula is C33H45Br2N3O3S. The highest BCUT2D eigenvalue weighted by atomic mass is 79.9. The normalized spacial score (nSPS) is 25.0. The molecule has 230 valence electrons. The molecule has 5 atom stereocenters. The number of benzene rings is 3. The van der Waals surface area contributed by atoms with Crippen LogP contribution in [0.15, 0.2) is 71.6 Å². The minimum absolute atomic E-state index is 0. The number of fused-ring (bicyclic) bond motifs is 3. The van der Waals surface area contributed by atoms with Crippen molar-refractivity contribution in [1.29, 1.82) is 0 Å². The zero-order valence-corrected chi connectivity index (χ0v) is 28.6. The molecule has 0 amide bonds. The molecule has 1 saturated carbocycles. The van der Waals surface area contributed by atoms with Gasteiger partial charge in [0.15, 0.2) is 9.84 Å². The van der Waals surface area contributed by atoms with E-state index in [0.717, 1.165) is 38.0 Å². The number of hydrogen-bond acceptors (Lipinski definition) is 6. The third-order valence-corrected chi connectivity index (χ3v) is 11.5. The summed E-state index contributed by atoms with van der Waals surface area (Å²) in [5.41, 5.74) is 1.17. The van der Waals surface area contributed by atoms with Gasteiger partial charge in [0.25, 0.3) is 0 Å². The highest BCUT2D eigenvalue weighted by Crippen LogP contribution is 2.40. The summed E-state index contributed by atoms with van der Waals surface area (Å²) >= 11 is 0. The van der Waals surface area contributed by atoms with E-state index in [-0.39, 0.29) is 52.1 Å². The van der Waals surface area contributed by atoms with Crippen LogP contribution < -0.4 is 20.7 Å². The van der Waals surface area contributed by atoms with E-state index in [1.165, 1.54) is 35.6 Å². The van der Waals surface area contributed by atoms with Crippen LogP contribution in [0, 0.1) is 5.92 Å². The summed E-state index contributed by atoms with van der Waals surface area (Å²) in [4.78, 5) is 0.385. The van der Waals surface area contributed by atoms with E-state index in [1.54, 1.807) is 12.1 Å². The maximum Gasteiger partial charge on any atom is 0.184 e. The van der Waals surface area contributed by atoms with E-state index in [1.807, 2.05) is 12.1 Å². The average molecular weight is 724 g/mol. The second-order valence-corrected chi connectivity index (χ2v) is 14.1. The Morgan fingerprint density at radius 2 is 1.69 bits per heavy atom. The first-order chi connectivity index (χ1) is 19.5. The molecule has 6 nitrogen and oxygen atoms in total. The monoisotopic (exact) mass is 721 g/mol. The largest absolute Gasteiger partial charge is 0.494 e. The topological polar surface area (TPSA) is 79.5 Å². The summed E-state index contributed by atoms with van der Waals surface area (Å²) in [5, 5.41) is 13.0. The second kappa shape index (κ2) is 15.0. The molecule has 3 fully saturated rings. The number of sulfone groups is 1. The van der Waals surface area contributed by atoms with Crippen LogP contribution in [0.3, 0.4) is 0 Å². The van der Waals surface area contributed by atoms with Crippen LogP contribution in [0.1, 0.15) is 57.4 Å². The van der Waals surface area contributed by atoms with Crippen molar-refractivity contribution in [2.24, 2.45) is 5.92 Å². The van der Waals surface area contributed by atoms with Crippen LogP contribution in [0.2, 0.25) is 0 Å². The van der Waals surface area contributed by atoms with Crippen LogP contribution in [0.4, 0.5) is 0 Å². The molecule has 6 rings (SSSR count). The predicted octanol–water partition coefficient (Wildman–Crippen LogP) is 6.37. The number of hydrogen-bond donors (Lipinski definition) is 3. The molecule has 1 aliphatic carbocycles. The zero-order chi connectivity index (χ0) is 27.5. The predicted molar refractivity (Wildman–Crippen MR) is 182 cm³/mol. The van der Waals surface area contributed by atoms with E-state index in [2.05, 4.69) is 65.3 Å². The molecule has 0 radical (unpaired) electrons. The third-order valence-electron chi connectivity index (χ3n) is 9.27. The van der Waals surface area contributed by atoms with Crippen molar-refractivity contribution in [2.75, 3.05) is 13.2 Å². The molecule has 0 unspecified atom stereocenters. The molecule has 2 heterocycles. The highest BCUT2D eigenvalue weighted by Gasteiger charge is 2.57. The van der Waals surface area contributed by atoms with Gasteiger partial charge in [-0.3, -0.25) is 0 Å². The van der Waals surface area contributed by atoms with Gasteiger partial charge in [-0.25, -0.2) is 8.42 Å². The number of unbranched alkanes of at least 4 members (excludes halogenated alkanes) is 2. The van der Waals surface area contributed by atoms with E-state index in [9.17, 15) is 8.42 Å². The van der Waals surface area contributed by atoms with Crippen LogP contribution in [0.25, 0.3) is 10.8 Å². The Morgan fingerprint density at radius 1 is 0.929 bits per heavy atom. The van der Waals surface area contributed by atoms with Crippen molar-refractivity contribution < 1.29 is 13.2 Å². The van der Waals surface area contributed by atoms with Gasteiger partial charge in [0, 0.05) is 30.7 Å². The Bertz CT molecular complexity index is 1400. The summed E-state index contributed by atoms with van der Waals surface area (Å²) in [6.45, 7) is 4.35. The molecule has 3 N–H and O–H groups in total. The lowest BCUT2D eigenvalue weighted by Gasteiger charge is -2.36. The van der Waals surface area contributed by atoms with Gasteiger partial charge in [0.05, 0.1) is 16.8 Å². The maximum atomic E-state index is 14.2. The minimum Gasteiger partial charge on any atom is -0.494 e. The van der Waals surface area contributed by atoms with Gasteiger partial charge in [-0.1, -0.05) is 62.6 Å². The first-order valence-electron chi connectivity index (χ1n) is 15.2. The smallest absolute Gasteiger partial charge is 0.184 e. The fourth-order valence-electron chi connectivity index (χ4n) is 6.78. The van der Waals surface area contributed by atoms with Gasteiger partial charge < -0.3 is 20.7 Å². The number of rotatable bonds is 13. The molecule has 0 spiro atoms. The van der Waals surface area contributed by atoms with E-state index in [0.29, 0.717) is 30.0 Å². The SMILES string of the molecule is Br.Br.CCCCCOc1ccc(S(=O)(=O)[C@@H]2[C@H]3N[C@H](C[C@@H]3CNC3CCC3)[C@H]2NCc2ccc3ccccc3c2)cc1. The van der Waals surface area contributed by atoms with Gasteiger partial charge in [0.1, 0.15) is 5.75 Å². The lowest BCUT2D eigenvalue weighted by Crippen LogP contribution is -2.55. The standard InChI is InChI=1S/C33H43N3O3S.2BrH/c1-2-3-6-18-39-28-14-16-29(17-15-28)40(37,38)33-31-26(22-34-27-10-7-11-27)20-30(36-31)32(33)35-21-23-12-13-24-8-4-5-9-25(24)19-23;;/h4-5,8-9,12-17,19,26-27,30-36H,2-3,6-7,10-11,18,20-22H2,1H3;2*1H/t26-,30-,31+,32-,33-;;/m1../s1. The molecule has 3 aromatic rings. The Balaban J connectivity index is 0.00000202. The van der Waals surface area contributed by atoms with Crippen molar-refractivity contribution in [3.63, 3.8) is 0 Å². The van der Waals surface area contributed by atoms with Crippen molar-refractivity contribution in [3.05, 3.63) is 72.3 Å². The van der Waals surface area contributed by atoms with Gasteiger partial charge in [-0.05, 0) is 84.8 Å². The van der Waals surface area contributed by atoms with E-state index < -0.39 is 15.1 Å². The Hall–Kier alpha value is -1.49. The second-order valence-electron chi connectivity index (χ2n) is 12.0. The third kappa shape index (κ3) is 7.24. The van der Waals surface area contributed by atoms with Crippen molar-refractivity contribution in [3.8, 4) is 5.75 Å². The van der Waals surface area contributed by atoms with Crippen molar-refractivity contribution in [1.82, 2.24) is 16.0 Å². The Morgan fingerprint density at radius 3 is 2.40 bits per heavy atom. The molecule has 2 aliphatic heterocycles. The minimum atomic E-state index is -3.58. The molecular weight excluding hydrogens is 678 g/mol. The van der Waals surface area contributed by atoms with Gasteiger partial charge in [0.2, 0.25) is 0 Å². The van der Waals surface area contributed by atoms with E-state index in [4.69, 9.17) is 4.74 Å². The van der Waals surface area contributed by atoms with Crippen LogP contribution >= 0.6 is 34.0 Å². The summed E-state index contributed by atoms with van der Waals surface area (Å²) in [6.07, 6.45) is 8.05. The maximum absolute atomic E-state index is 14.2. The first-order valence-corrected chi connectivity index (χ1v) is 16.7. The molecule has 42 heavy (non-hydrogen) atoms.